The second-order valence-electron chi connectivity index (χ2n) is 11.3. The summed E-state index contributed by atoms with van der Waals surface area (Å²) in [5, 5.41) is 0. The van der Waals surface area contributed by atoms with Gasteiger partial charge >= 0.3 is 0 Å². The number of halogens is 2. The van der Waals surface area contributed by atoms with Crippen LogP contribution in [0.2, 0.25) is 0 Å². The largest absolute Gasteiger partial charge is 0.203 e. The number of unbranched alkanes of at least 4 members (excludes halogenated alkanes) is 1. The molecule has 0 bridgehead atoms. The van der Waals surface area contributed by atoms with Crippen LogP contribution in [0.3, 0.4) is 0 Å². The van der Waals surface area contributed by atoms with Crippen molar-refractivity contribution in [2.24, 2.45) is 11.8 Å². The Kier molecular flexibility index (Phi) is 9.58. The van der Waals surface area contributed by atoms with E-state index in [9.17, 15) is 0 Å². The van der Waals surface area contributed by atoms with Crippen molar-refractivity contribution in [3.8, 4) is 0 Å². The molecule has 0 aromatic heterocycles. The smallest absolute Gasteiger partial charge is 0.162 e. The van der Waals surface area contributed by atoms with Crippen LogP contribution in [-0.2, 0) is 12.8 Å². The molecule has 0 radical (unpaired) electrons. The van der Waals surface area contributed by atoms with E-state index in [1.54, 1.807) is 0 Å². The molecule has 2 fully saturated rings. The highest BCUT2D eigenvalue weighted by molar-refractivity contribution is 5.32. The molecule has 2 saturated carbocycles. The lowest BCUT2D eigenvalue weighted by molar-refractivity contribution is 0.296. The molecule has 2 aliphatic rings. The Labute approximate surface area is 212 Å². The van der Waals surface area contributed by atoms with Crippen molar-refractivity contribution < 1.29 is 8.78 Å². The normalized spacial score (nSPS) is 24.9. The van der Waals surface area contributed by atoms with Crippen molar-refractivity contribution >= 4 is 0 Å². The average molecular weight is 479 g/mol. The molecule has 0 amide bonds. The first-order valence-corrected chi connectivity index (χ1v) is 14.3. The summed E-state index contributed by atoms with van der Waals surface area (Å²) in [6.07, 6.45) is 17.5. The molecule has 190 valence electrons. The molecule has 2 aromatic rings. The van der Waals surface area contributed by atoms with E-state index in [0.717, 1.165) is 76.0 Å². The lowest BCUT2D eigenvalue weighted by Gasteiger charge is -2.31. The highest BCUT2D eigenvalue weighted by Gasteiger charge is 2.29. The van der Waals surface area contributed by atoms with Crippen molar-refractivity contribution in [1.82, 2.24) is 0 Å². The van der Waals surface area contributed by atoms with E-state index < -0.39 is 11.6 Å². The Morgan fingerprint density at radius 2 is 1.23 bits per heavy atom. The van der Waals surface area contributed by atoms with Crippen LogP contribution < -0.4 is 0 Å². The van der Waals surface area contributed by atoms with E-state index in [4.69, 9.17) is 0 Å². The van der Waals surface area contributed by atoms with Gasteiger partial charge in [0.15, 0.2) is 11.6 Å². The summed E-state index contributed by atoms with van der Waals surface area (Å²) < 4.78 is 30.2. The van der Waals surface area contributed by atoms with Crippen LogP contribution in [0.1, 0.15) is 118 Å². The first kappa shape index (κ1) is 26.1. The Bertz CT molecular complexity index is 928. The van der Waals surface area contributed by atoms with E-state index >= 15 is 8.78 Å². The molecule has 0 heterocycles. The van der Waals surface area contributed by atoms with E-state index in [-0.39, 0.29) is 11.8 Å². The van der Waals surface area contributed by atoms with E-state index in [2.05, 4.69) is 37.8 Å². The molecule has 2 heteroatoms. The van der Waals surface area contributed by atoms with Gasteiger partial charge in [-0.1, -0.05) is 68.7 Å². The fourth-order valence-corrected chi connectivity index (χ4v) is 6.62. The molecule has 35 heavy (non-hydrogen) atoms. The number of benzene rings is 2. The molecular weight excluding hydrogens is 434 g/mol. The van der Waals surface area contributed by atoms with Gasteiger partial charge in [0.1, 0.15) is 0 Å². The second kappa shape index (κ2) is 12.8. The minimum absolute atomic E-state index is 0.180. The lowest BCUT2D eigenvalue weighted by Crippen LogP contribution is -2.17. The molecule has 0 atom stereocenters. The van der Waals surface area contributed by atoms with Gasteiger partial charge in [0.05, 0.1) is 0 Å². The fraction of sp³-hybridized carbons (Fsp3) is 0.576. The minimum atomic E-state index is -0.554. The van der Waals surface area contributed by atoms with Crippen LogP contribution in [0.15, 0.2) is 49.1 Å². The van der Waals surface area contributed by atoms with E-state index in [1.165, 1.54) is 36.8 Å². The highest BCUT2D eigenvalue weighted by atomic mass is 19.2. The highest BCUT2D eigenvalue weighted by Crippen LogP contribution is 2.42. The summed E-state index contributed by atoms with van der Waals surface area (Å²) in [5.41, 5.74) is 4.00. The van der Waals surface area contributed by atoms with Gasteiger partial charge in [0.2, 0.25) is 0 Å². The quantitative estimate of drug-likeness (QED) is 0.235. The van der Waals surface area contributed by atoms with Crippen molar-refractivity contribution in [1.29, 1.82) is 0 Å². The van der Waals surface area contributed by atoms with Crippen molar-refractivity contribution in [2.75, 3.05) is 0 Å². The van der Waals surface area contributed by atoms with Crippen LogP contribution in [0.25, 0.3) is 0 Å². The zero-order valence-electron chi connectivity index (χ0n) is 21.7. The maximum Gasteiger partial charge on any atom is 0.162 e. The molecule has 0 nitrogen and oxygen atoms in total. The van der Waals surface area contributed by atoms with Crippen molar-refractivity contribution in [3.63, 3.8) is 0 Å². The number of aryl methyl sites for hydroxylation is 1. The Hall–Kier alpha value is -1.96. The summed E-state index contributed by atoms with van der Waals surface area (Å²) in [5.74, 6) is 0.774. The summed E-state index contributed by atoms with van der Waals surface area (Å²) in [6, 6.07) is 12.8. The third kappa shape index (κ3) is 6.83. The molecule has 0 spiro atoms. The average Bonchev–Trinajstić information content (AvgIpc) is 2.90. The summed E-state index contributed by atoms with van der Waals surface area (Å²) in [7, 11) is 0. The third-order valence-electron chi connectivity index (χ3n) is 9.02. The first-order valence-electron chi connectivity index (χ1n) is 14.3. The molecule has 4 rings (SSSR count). The van der Waals surface area contributed by atoms with Gasteiger partial charge in [-0.05, 0) is 117 Å². The maximum atomic E-state index is 15.1. The predicted octanol–water partition coefficient (Wildman–Crippen LogP) is 10.1. The summed E-state index contributed by atoms with van der Waals surface area (Å²) >= 11 is 0. The van der Waals surface area contributed by atoms with Crippen LogP contribution in [0.4, 0.5) is 8.78 Å². The Morgan fingerprint density at radius 3 is 1.74 bits per heavy atom. The lowest BCUT2D eigenvalue weighted by atomic mass is 9.75. The first-order chi connectivity index (χ1) is 17.1. The number of hydrogen-bond donors (Lipinski definition) is 0. The monoisotopic (exact) mass is 478 g/mol. The predicted molar refractivity (Wildman–Crippen MR) is 144 cm³/mol. The standard InChI is InChI=1S/C33H44F2/c1-3-7-25-10-12-26(13-11-25)8-5-6-9-27-16-20-29(21-17-27)31-23-22-30(32(34)33(31)35)28-18-14-24(4-2)15-19-28/h3,10-13,22-24,27-29H,1,4-9,14-21H2,2H3. The van der Waals surface area contributed by atoms with Crippen molar-refractivity contribution in [2.45, 2.75) is 109 Å². The van der Waals surface area contributed by atoms with Gasteiger partial charge in [0, 0.05) is 0 Å². The molecule has 0 N–H and O–H groups in total. The number of rotatable bonds is 10. The topological polar surface area (TPSA) is 0 Å². The minimum Gasteiger partial charge on any atom is -0.203 e. The van der Waals surface area contributed by atoms with Crippen LogP contribution in [0.5, 0.6) is 0 Å². The van der Waals surface area contributed by atoms with Gasteiger partial charge < -0.3 is 0 Å². The SMILES string of the molecule is C=CCc1ccc(CCCCC2CCC(c3ccc(C4CCC(CC)CC4)c(F)c3F)CC2)cc1. The Balaban J connectivity index is 1.22. The molecule has 0 unspecified atom stereocenters. The molecule has 0 saturated heterocycles. The van der Waals surface area contributed by atoms with Gasteiger partial charge in [-0.25, -0.2) is 8.78 Å². The van der Waals surface area contributed by atoms with Gasteiger partial charge in [-0.3, -0.25) is 0 Å². The zero-order chi connectivity index (χ0) is 24.6. The van der Waals surface area contributed by atoms with Crippen LogP contribution in [-0.4, -0.2) is 0 Å². The van der Waals surface area contributed by atoms with Gasteiger partial charge in [-0.15, -0.1) is 6.58 Å². The Morgan fingerprint density at radius 1 is 0.714 bits per heavy atom. The maximum absolute atomic E-state index is 15.1. The third-order valence-corrected chi connectivity index (χ3v) is 9.02. The molecule has 2 aromatic carbocycles. The second-order valence-corrected chi connectivity index (χ2v) is 11.3. The van der Waals surface area contributed by atoms with Crippen molar-refractivity contribution in [3.05, 3.63) is 82.9 Å². The summed E-state index contributed by atoms with van der Waals surface area (Å²) in [6.45, 7) is 6.04. The molecular formula is C33H44F2. The van der Waals surface area contributed by atoms with E-state index in [0.29, 0.717) is 11.1 Å². The fourth-order valence-electron chi connectivity index (χ4n) is 6.62. The van der Waals surface area contributed by atoms with Gasteiger partial charge in [-0.2, -0.15) is 0 Å². The van der Waals surface area contributed by atoms with Crippen LogP contribution in [0, 0.1) is 23.5 Å². The number of hydrogen-bond acceptors (Lipinski definition) is 0. The molecule has 0 aliphatic heterocycles. The van der Waals surface area contributed by atoms with Gasteiger partial charge in [0.25, 0.3) is 0 Å². The molecule has 2 aliphatic carbocycles. The number of allylic oxidation sites excluding steroid dienone is 1. The zero-order valence-corrected chi connectivity index (χ0v) is 21.7. The van der Waals surface area contributed by atoms with E-state index in [1.807, 2.05) is 18.2 Å². The summed E-state index contributed by atoms with van der Waals surface area (Å²) in [4.78, 5) is 0. The van der Waals surface area contributed by atoms with Crippen LogP contribution >= 0.6 is 0 Å².